The Labute approximate surface area is 196 Å². The molecule has 1 N–H and O–H groups in total. The van der Waals surface area contributed by atoms with Crippen molar-refractivity contribution in [3.05, 3.63) is 88.5 Å². The molecule has 1 amide bonds. The topological polar surface area (TPSA) is 85.3 Å². The Morgan fingerprint density at radius 1 is 0.971 bits per heavy atom. The SMILES string of the molecule is COc1ccccc1C1/C(=C(\O)c2ccc3c(c2)OCO3)C(=O)C(=O)N1c1ccc(C)c(C)c1. The minimum absolute atomic E-state index is 0.0217. The van der Waals surface area contributed by atoms with Crippen LogP contribution in [0.2, 0.25) is 0 Å². The molecule has 7 nitrogen and oxygen atoms in total. The summed E-state index contributed by atoms with van der Waals surface area (Å²) in [5.74, 6) is -0.279. The number of para-hydroxylation sites is 1. The third kappa shape index (κ3) is 3.37. The van der Waals surface area contributed by atoms with E-state index in [-0.39, 0.29) is 18.1 Å². The fourth-order valence-electron chi connectivity index (χ4n) is 4.36. The van der Waals surface area contributed by atoms with E-state index < -0.39 is 17.7 Å². The maximum Gasteiger partial charge on any atom is 0.300 e. The molecule has 0 aliphatic carbocycles. The first kappa shape index (κ1) is 21.6. The minimum atomic E-state index is -0.885. The highest BCUT2D eigenvalue weighted by atomic mass is 16.7. The van der Waals surface area contributed by atoms with Gasteiger partial charge in [0.1, 0.15) is 11.5 Å². The molecule has 1 fully saturated rings. The molecule has 0 spiro atoms. The number of hydrogen-bond acceptors (Lipinski definition) is 6. The largest absolute Gasteiger partial charge is 0.507 e. The van der Waals surface area contributed by atoms with Crippen molar-refractivity contribution in [2.45, 2.75) is 19.9 Å². The monoisotopic (exact) mass is 457 g/mol. The molecule has 172 valence electrons. The Morgan fingerprint density at radius 3 is 2.50 bits per heavy atom. The van der Waals surface area contributed by atoms with Gasteiger partial charge in [-0.25, -0.2) is 0 Å². The fraction of sp³-hybridized carbons (Fsp3) is 0.185. The molecular weight excluding hydrogens is 434 g/mol. The van der Waals surface area contributed by atoms with Crippen LogP contribution in [-0.2, 0) is 9.59 Å². The van der Waals surface area contributed by atoms with Crippen LogP contribution in [0.25, 0.3) is 5.76 Å². The molecular formula is C27H23NO6. The second-order valence-corrected chi connectivity index (χ2v) is 8.25. The van der Waals surface area contributed by atoms with Crippen molar-refractivity contribution >= 4 is 23.1 Å². The summed E-state index contributed by atoms with van der Waals surface area (Å²) in [6.45, 7) is 4.00. The molecule has 1 saturated heterocycles. The number of benzene rings is 3. The Hall–Kier alpha value is -4.26. The van der Waals surface area contributed by atoms with E-state index in [4.69, 9.17) is 14.2 Å². The van der Waals surface area contributed by atoms with Crippen molar-refractivity contribution in [3.8, 4) is 17.2 Å². The van der Waals surface area contributed by atoms with Gasteiger partial charge in [0.15, 0.2) is 11.5 Å². The molecule has 3 aromatic carbocycles. The Kier molecular flexibility index (Phi) is 5.24. The van der Waals surface area contributed by atoms with Gasteiger partial charge in [-0.15, -0.1) is 0 Å². The molecule has 34 heavy (non-hydrogen) atoms. The lowest BCUT2D eigenvalue weighted by Crippen LogP contribution is -2.29. The van der Waals surface area contributed by atoms with Crippen LogP contribution in [0.1, 0.15) is 28.3 Å². The van der Waals surface area contributed by atoms with Gasteiger partial charge in [0.05, 0.1) is 18.7 Å². The number of methoxy groups -OCH3 is 1. The summed E-state index contributed by atoms with van der Waals surface area (Å²) in [6, 6.07) is 16.7. The number of ether oxygens (including phenoxy) is 3. The van der Waals surface area contributed by atoms with Gasteiger partial charge in [-0.05, 0) is 61.4 Å². The van der Waals surface area contributed by atoms with E-state index >= 15 is 0 Å². The van der Waals surface area contributed by atoms with Crippen LogP contribution < -0.4 is 19.1 Å². The number of carbonyl (C=O) groups is 2. The summed E-state index contributed by atoms with van der Waals surface area (Å²) >= 11 is 0. The first-order chi connectivity index (χ1) is 16.4. The molecule has 2 aliphatic heterocycles. The Morgan fingerprint density at radius 2 is 1.74 bits per heavy atom. The number of rotatable bonds is 4. The number of aliphatic hydroxyl groups excluding tert-OH is 1. The number of aryl methyl sites for hydroxylation is 2. The predicted octanol–water partition coefficient (Wildman–Crippen LogP) is 4.67. The number of nitrogens with zero attached hydrogens (tertiary/aromatic N) is 1. The van der Waals surface area contributed by atoms with E-state index in [0.717, 1.165) is 11.1 Å². The van der Waals surface area contributed by atoms with E-state index in [9.17, 15) is 14.7 Å². The fourth-order valence-corrected chi connectivity index (χ4v) is 4.36. The van der Waals surface area contributed by atoms with Crippen LogP contribution in [0.4, 0.5) is 5.69 Å². The van der Waals surface area contributed by atoms with E-state index in [0.29, 0.717) is 34.1 Å². The zero-order chi connectivity index (χ0) is 24.0. The third-order valence-corrected chi connectivity index (χ3v) is 6.29. The van der Waals surface area contributed by atoms with Gasteiger partial charge in [-0.3, -0.25) is 14.5 Å². The molecule has 1 atom stereocenters. The number of carbonyl (C=O) groups excluding carboxylic acids is 2. The zero-order valence-corrected chi connectivity index (χ0v) is 19.0. The summed E-state index contributed by atoms with van der Waals surface area (Å²) in [6.07, 6.45) is 0. The van der Waals surface area contributed by atoms with Crippen molar-refractivity contribution in [2.75, 3.05) is 18.8 Å². The van der Waals surface area contributed by atoms with Crippen LogP contribution in [0.5, 0.6) is 17.2 Å². The first-order valence-corrected chi connectivity index (χ1v) is 10.8. The summed E-state index contributed by atoms with van der Waals surface area (Å²) < 4.78 is 16.3. The van der Waals surface area contributed by atoms with Crippen LogP contribution in [0, 0.1) is 13.8 Å². The Bertz CT molecular complexity index is 1360. The highest BCUT2D eigenvalue weighted by Crippen LogP contribution is 2.45. The first-order valence-electron chi connectivity index (χ1n) is 10.8. The van der Waals surface area contributed by atoms with Gasteiger partial charge in [-0.1, -0.05) is 24.3 Å². The maximum atomic E-state index is 13.4. The number of Topliss-reactive ketones (excluding diaryl/α,β-unsaturated/α-hetero) is 1. The summed E-state index contributed by atoms with van der Waals surface area (Å²) in [7, 11) is 1.53. The molecule has 2 heterocycles. The maximum absolute atomic E-state index is 13.4. The quantitative estimate of drug-likeness (QED) is 0.348. The standard InChI is InChI=1S/C27H23NO6/c1-15-8-10-18(12-16(15)2)28-24(19-6-4-5-7-20(19)32-3)23(26(30)27(28)31)25(29)17-9-11-21-22(13-17)34-14-33-21/h4-13,24,29H,14H2,1-3H3/b25-23+. The smallest absolute Gasteiger partial charge is 0.300 e. The molecule has 0 bridgehead atoms. The lowest BCUT2D eigenvalue weighted by atomic mass is 9.94. The van der Waals surface area contributed by atoms with Gasteiger partial charge in [0, 0.05) is 16.8 Å². The number of fused-ring (bicyclic) bond motifs is 1. The van der Waals surface area contributed by atoms with Gasteiger partial charge >= 0.3 is 0 Å². The van der Waals surface area contributed by atoms with Crippen molar-refractivity contribution in [1.29, 1.82) is 0 Å². The van der Waals surface area contributed by atoms with Crippen molar-refractivity contribution < 1.29 is 28.9 Å². The number of amides is 1. The van der Waals surface area contributed by atoms with Crippen LogP contribution in [0.15, 0.2) is 66.2 Å². The second kappa shape index (κ2) is 8.26. The molecule has 1 unspecified atom stereocenters. The molecule has 0 radical (unpaired) electrons. The van der Waals surface area contributed by atoms with Gasteiger partial charge < -0.3 is 19.3 Å². The average Bonchev–Trinajstić information content (AvgIpc) is 3.42. The molecule has 7 heteroatoms. The Balaban J connectivity index is 1.74. The number of hydrogen-bond donors (Lipinski definition) is 1. The summed E-state index contributed by atoms with van der Waals surface area (Å²) in [4.78, 5) is 28.2. The number of anilines is 1. The van der Waals surface area contributed by atoms with Crippen molar-refractivity contribution in [3.63, 3.8) is 0 Å². The molecule has 3 aromatic rings. The number of aliphatic hydroxyl groups is 1. The highest BCUT2D eigenvalue weighted by molar-refractivity contribution is 6.51. The van der Waals surface area contributed by atoms with E-state index in [1.165, 1.54) is 12.0 Å². The van der Waals surface area contributed by atoms with Gasteiger partial charge in [-0.2, -0.15) is 0 Å². The average molecular weight is 457 g/mol. The summed E-state index contributed by atoms with van der Waals surface area (Å²) in [5, 5.41) is 11.3. The van der Waals surface area contributed by atoms with Crippen LogP contribution in [0.3, 0.4) is 0 Å². The predicted molar refractivity (Wildman–Crippen MR) is 126 cm³/mol. The zero-order valence-electron chi connectivity index (χ0n) is 19.0. The molecule has 2 aliphatic rings. The molecule has 0 aromatic heterocycles. The second-order valence-electron chi connectivity index (χ2n) is 8.25. The van der Waals surface area contributed by atoms with Crippen molar-refractivity contribution in [1.82, 2.24) is 0 Å². The van der Waals surface area contributed by atoms with E-state index in [1.807, 2.05) is 32.0 Å². The van der Waals surface area contributed by atoms with Crippen LogP contribution in [-0.4, -0.2) is 30.7 Å². The highest BCUT2D eigenvalue weighted by Gasteiger charge is 2.48. The van der Waals surface area contributed by atoms with E-state index in [2.05, 4.69) is 0 Å². The number of ketones is 1. The third-order valence-electron chi connectivity index (χ3n) is 6.29. The molecule has 0 saturated carbocycles. The van der Waals surface area contributed by atoms with Gasteiger partial charge in [0.25, 0.3) is 11.7 Å². The lowest BCUT2D eigenvalue weighted by Gasteiger charge is -2.27. The lowest BCUT2D eigenvalue weighted by molar-refractivity contribution is -0.132. The summed E-state index contributed by atoms with van der Waals surface area (Å²) in [5.41, 5.74) is 3.52. The minimum Gasteiger partial charge on any atom is -0.507 e. The van der Waals surface area contributed by atoms with Gasteiger partial charge in [0.2, 0.25) is 6.79 Å². The normalized spacial score (nSPS) is 18.4. The molecule has 5 rings (SSSR count). The van der Waals surface area contributed by atoms with Crippen LogP contribution >= 0.6 is 0 Å². The van der Waals surface area contributed by atoms with Crippen molar-refractivity contribution in [2.24, 2.45) is 0 Å². The van der Waals surface area contributed by atoms with E-state index in [1.54, 1.807) is 42.5 Å².